The number of halogens is 1. The molecule has 0 saturated heterocycles. The third kappa shape index (κ3) is 3.85. The van der Waals surface area contributed by atoms with Crippen LogP contribution in [0, 0.1) is 12.7 Å². The van der Waals surface area contributed by atoms with Gasteiger partial charge in [-0.25, -0.2) is 4.39 Å². The normalized spacial score (nSPS) is 10.4. The Hall–Kier alpha value is -2.36. The molecule has 0 saturated carbocycles. The van der Waals surface area contributed by atoms with Crippen LogP contribution >= 0.6 is 0 Å². The van der Waals surface area contributed by atoms with E-state index in [1.54, 1.807) is 24.1 Å². The second kappa shape index (κ2) is 7.07. The first kappa shape index (κ1) is 16.0. The topological polar surface area (TPSA) is 29.5 Å². The first-order valence-electron chi connectivity index (χ1n) is 7.12. The minimum atomic E-state index is -0.417. The van der Waals surface area contributed by atoms with E-state index in [1.807, 2.05) is 31.2 Å². The lowest BCUT2D eigenvalue weighted by Crippen LogP contribution is -2.28. The highest BCUT2D eigenvalue weighted by Crippen LogP contribution is 2.18. The number of rotatable bonds is 5. The number of amides is 1. The number of hydrogen-bond acceptors (Lipinski definition) is 2. The molecular weight excluding hydrogens is 281 g/mol. The Labute approximate surface area is 130 Å². The Morgan fingerprint density at radius 2 is 1.95 bits per heavy atom. The van der Waals surface area contributed by atoms with Gasteiger partial charge in [0.25, 0.3) is 0 Å². The van der Waals surface area contributed by atoms with Crippen LogP contribution in [0.15, 0.2) is 42.5 Å². The Balaban J connectivity index is 2.02. The maximum atomic E-state index is 13.7. The fraction of sp³-hybridized carbons (Fsp3) is 0.278. The zero-order valence-corrected chi connectivity index (χ0v) is 13.1. The number of carbonyl (C=O) groups is 1. The minimum Gasteiger partial charge on any atom is -0.494 e. The Morgan fingerprint density at radius 1 is 1.23 bits per heavy atom. The summed E-state index contributed by atoms with van der Waals surface area (Å²) < 4.78 is 18.6. The van der Waals surface area contributed by atoms with Gasteiger partial charge < -0.3 is 9.64 Å². The Kier molecular flexibility index (Phi) is 5.15. The van der Waals surface area contributed by atoms with Gasteiger partial charge in [-0.3, -0.25) is 4.79 Å². The van der Waals surface area contributed by atoms with E-state index in [2.05, 4.69) is 0 Å². The first-order valence-corrected chi connectivity index (χ1v) is 7.12. The van der Waals surface area contributed by atoms with Crippen molar-refractivity contribution in [3.63, 3.8) is 0 Å². The van der Waals surface area contributed by atoms with Crippen molar-refractivity contribution >= 4 is 5.91 Å². The lowest BCUT2D eigenvalue weighted by Gasteiger charge is -2.18. The maximum absolute atomic E-state index is 13.7. The largest absolute Gasteiger partial charge is 0.494 e. The number of nitrogens with zero attached hydrogens (tertiary/aromatic N) is 1. The molecule has 2 aromatic carbocycles. The van der Waals surface area contributed by atoms with Crippen LogP contribution in [0.4, 0.5) is 4.39 Å². The molecule has 0 heterocycles. The van der Waals surface area contributed by atoms with Gasteiger partial charge in [0.1, 0.15) is 0 Å². The summed E-state index contributed by atoms with van der Waals surface area (Å²) in [6.07, 6.45) is 0.349. The molecule has 0 bridgehead atoms. The molecule has 0 fully saturated rings. The van der Waals surface area contributed by atoms with Crippen LogP contribution in [0.1, 0.15) is 16.7 Å². The summed E-state index contributed by atoms with van der Waals surface area (Å²) >= 11 is 0. The monoisotopic (exact) mass is 301 g/mol. The predicted molar refractivity (Wildman–Crippen MR) is 84.3 cm³/mol. The van der Waals surface area contributed by atoms with Crippen LogP contribution in [0.25, 0.3) is 0 Å². The highest BCUT2D eigenvalue weighted by molar-refractivity contribution is 5.78. The summed E-state index contributed by atoms with van der Waals surface area (Å²) in [5.74, 6) is -0.206. The molecule has 0 atom stereocenters. The second-order valence-electron chi connectivity index (χ2n) is 5.32. The quantitative estimate of drug-likeness (QED) is 0.847. The predicted octanol–water partition coefficient (Wildman–Crippen LogP) is 3.34. The summed E-state index contributed by atoms with van der Waals surface area (Å²) in [5.41, 5.74) is 2.85. The van der Waals surface area contributed by atoms with E-state index in [4.69, 9.17) is 4.74 Å². The van der Waals surface area contributed by atoms with Crippen molar-refractivity contribution in [3.8, 4) is 5.75 Å². The highest BCUT2D eigenvalue weighted by Gasteiger charge is 2.12. The fourth-order valence-corrected chi connectivity index (χ4v) is 2.28. The Morgan fingerprint density at radius 3 is 2.59 bits per heavy atom. The van der Waals surface area contributed by atoms with Crippen molar-refractivity contribution in [2.45, 2.75) is 19.9 Å². The summed E-state index contributed by atoms with van der Waals surface area (Å²) in [4.78, 5) is 13.9. The van der Waals surface area contributed by atoms with Crippen molar-refractivity contribution in [2.24, 2.45) is 0 Å². The number of ether oxygens (including phenoxy) is 1. The molecule has 116 valence electrons. The van der Waals surface area contributed by atoms with Crippen molar-refractivity contribution in [3.05, 3.63) is 65.0 Å². The lowest BCUT2D eigenvalue weighted by molar-refractivity contribution is -0.129. The van der Waals surface area contributed by atoms with Gasteiger partial charge in [0.15, 0.2) is 11.6 Å². The number of hydrogen-bond donors (Lipinski definition) is 0. The number of carbonyl (C=O) groups excluding carboxylic acids is 1. The van der Waals surface area contributed by atoms with Crippen molar-refractivity contribution in [1.29, 1.82) is 0 Å². The van der Waals surface area contributed by atoms with E-state index in [9.17, 15) is 9.18 Å². The minimum absolute atomic E-state index is 0.00512. The Bertz CT molecular complexity index is 670. The third-order valence-corrected chi connectivity index (χ3v) is 3.66. The van der Waals surface area contributed by atoms with Crippen molar-refractivity contribution in [2.75, 3.05) is 14.2 Å². The summed E-state index contributed by atoms with van der Waals surface area (Å²) in [6.45, 7) is 2.35. The van der Waals surface area contributed by atoms with Crippen molar-refractivity contribution < 1.29 is 13.9 Å². The van der Waals surface area contributed by atoms with Crippen LogP contribution in [-0.2, 0) is 17.8 Å². The standard InChI is InChI=1S/C18H20FNO2/c1-13-6-4-5-7-15(13)11-18(21)20(2)12-14-8-9-17(22-3)16(19)10-14/h4-10H,11-12H2,1-3H3. The average Bonchev–Trinajstić information content (AvgIpc) is 2.49. The van der Waals surface area contributed by atoms with E-state index in [0.717, 1.165) is 16.7 Å². The smallest absolute Gasteiger partial charge is 0.227 e. The van der Waals surface area contributed by atoms with E-state index in [-0.39, 0.29) is 11.7 Å². The molecule has 0 aliphatic heterocycles. The maximum Gasteiger partial charge on any atom is 0.227 e. The van der Waals surface area contributed by atoms with Crippen LogP contribution in [0.5, 0.6) is 5.75 Å². The lowest BCUT2D eigenvalue weighted by atomic mass is 10.1. The van der Waals surface area contributed by atoms with Crippen LogP contribution in [-0.4, -0.2) is 25.0 Å². The van der Waals surface area contributed by atoms with Gasteiger partial charge in [0, 0.05) is 13.6 Å². The van der Waals surface area contributed by atoms with Crippen molar-refractivity contribution in [1.82, 2.24) is 4.90 Å². The van der Waals surface area contributed by atoms with Gasteiger partial charge in [-0.2, -0.15) is 0 Å². The molecule has 0 aliphatic carbocycles. The SMILES string of the molecule is COc1ccc(CN(C)C(=O)Cc2ccccc2C)cc1F. The number of likely N-dealkylation sites (N-methyl/N-ethyl adjacent to an activating group) is 1. The average molecular weight is 301 g/mol. The first-order chi connectivity index (χ1) is 10.5. The third-order valence-electron chi connectivity index (χ3n) is 3.66. The molecule has 0 radical (unpaired) electrons. The molecule has 0 spiro atoms. The zero-order valence-electron chi connectivity index (χ0n) is 13.1. The number of aryl methyl sites for hydroxylation is 1. The molecule has 2 aromatic rings. The molecule has 22 heavy (non-hydrogen) atoms. The van der Waals surface area contributed by atoms with E-state index >= 15 is 0 Å². The summed E-state index contributed by atoms with van der Waals surface area (Å²) in [7, 11) is 3.15. The molecule has 0 aliphatic rings. The molecular formula is C18H20FNO2. The van der Waals surface area contributed by atoms with E-state index < -0.39 is 5.82 Å². The molecule has 0 N–H and O–H groups in total. The molecule has 1 amide bonds. The summed E-state index contributed by atoms with van der Waals surface area (Å²) in [5, 5.41) is 0. The molecule has 0 aromatic heterocycles. The van der Waals surface area contributed by atoms with Crippen LogP contribution in [0.2, 0.25) is 0 Å². The van der Waals surface area contributed by atoms with E-state index in [0.29, 0.717) is 13.0 Å². The van der Waals surface area contributed by atoms with Gasteiger partial charge in [-0.1, -0.05) is 30.3 Å². The fourth-order valence-electron chi connectivity index (χ4n) is 2.28. The van der Waals surface area contributed by atoms with E-state index in [1.165, 1.54) is 13.2 Å². The molecule has 0 unspecified atom stereocenters. The van der Waals surface area contributed by atoms with Gasteiger partial charge in [-0.05, 0) is 35.7 Å². The van der Waals surface area contributed by atoms with Gasteiger partial charge >= 0.3 is 0 Å². The second-order valence-corrected chi connectivity index (χ2v) is 5.32. The van der Waals surface area contributed by atoms with Gasteiger partial charge in [0.05, 0.1) is 13.5 Å². The zero-order chi connectivity index (χ0) is 16.1. The van der Waals surface area contributed by atoms with Gasteiger partial charge in [0.2, 0.25) is 5.91 Å². The summed E-state index contributed by atoms with van der Waals surface area (Å²) in [6, 6.07) is 12.6. The van der Waals surface area contributed by atoms with Crippen LogP contribution in [0.3, 0.4) is 0 Å². The number of benzene rings is 2. The molecule has 3 nitrogen and oxygen atoms in total. The highest BCUT2D eigenvalue weighted by atomic mass is 19.1. The number of methoxy groups -OCH3 is 1. The van der Waals surface area contributed by atoms with Crippen LogP contribution < -0.4 is 4.74 Å². The molecule has 2 rings (SSSR count). The van der Waals surface area contributed by atoms with Gasteiger partial charge in [-0.15, -0.1) is 0 Å². The molecule has 4 heteroatoms.